The van der Waals surface area contributed by atoms with E-state index in [1.807, 2.05) is 0 Å². The summed E-state index contributed by atoms with van der Waals surface area (Å²) in [7, 11) is -1.85. The van der Waals surface area contributed by atoms with Gasteiger partial charge in [0.15, 0.2) is 0 Å². The minimum atomic E-state index is -1.85. The summed E-state index contributed by atoms with van der Waals surface area (Å²) in [6.07, 6.45) is 11.1. The third-order valence-electron chi connectivity index (χ3n) is 6.86. The quantitative estimate of drug-likeness (QED) is 0.256. The van der Waals surface area contributed by atoms with Crippen LogP contribution in [0.15, 0.2) is 54.6 Å². The van der Waals surface area contributed by atoms with Gasteiger partial charge in [0.25, 0.3) is 0 Å². The molecular weight excluding hydrogens is 449 g/mol. The third kappa shape index (κ3) is 3.47. The Bertz CT molecular complexity index is 702. The van der Waals surface area contributed by atoms with Crippen LogP contribution in [-0.4, -0.2) is 14.9 Å². The van der Waals surface area contributed by atoms with E-state index < -0.39 is 7.26 Å². The molecule has 0 saturated heterocycles. The summed E-state index contributed by atoms with van der Waals surface area (Å²) in [6, 6.07) is 20.3. The van der Waals surface area contributed by atoms with E-state index in [0.717, 1.165) is 11.3 Å². The molecule has 26 heavy (non-hydrogen) atoms. The Hall–Kier alpha value is -0.178. The first-order valence-electron chi connectivity index (χ1n) is 10.1. The predicted octanol–water partition coefficient (Wildman–Crippen LogP) is 6.68. The molecule has 0 nitrogen and oxygen atoms in total. The van der Waals surface area contributed by atoms with Crippen LogP contribution >= 0.6 is 18.9 Å². The van der Waals surface area contributed by atoms with Gasteiger partial charge in [0.05, 0.1) is 0 Å². The van der Waals surface area contributed by atoms with Gasteiger partial charge in [0.2, 0.25) is 0 Å². The number of alkyl halides is 1. The number of hydrogen-bond acceptors (Lipinski definition) is 0. The predicted molar refractivity (Wildman–Crippen MR) is 114 cm³/mol. The standard InChI is InChI=1S/C23H29ClP.Pd/c24-18-25(21-12-4-5-13-21,22-14-6-7-15-22)23-16-8-11-20(17-23)19-9-2-1-3-10-19;/h1-3,8-11,16-18,21-22,25H,4-7,12-15H2;. The average Bonchev–Trinajstić information content (AvgIpc) is 3.38. The van der Waals surface area contributed by atoms with E-state index in [9.17, 15) is 0 Å². The zero-order chi connectivity index (χ0) is 18.0. The van der Waals surface area contributed by atoms with E-state index in [0.29, 0.717) is 0 Å². The van der Waals surface area contributed by atoms with Crippen LogP contribution in [0.25, 0.3) is 11.1 Å². The van der Waals surface area contributed by atoms with Gasteiger partial charge in [-0.3, -0.25) is 0 Å². The van der Waals surface area contributed by atoms with Crippen LogP contribution in [0.5, 0.6) is 0 Å². The molecule has 0 spiro atoms. The molecule has 0 aromatic heterocycles. The molecule has 0 radical (unpaired) electrons. The first-order chi connectivity index (χ1) is 12.7. The Morgan fingerprint density at radius 2 is 1.31 bits per heavy atom. The van der Waals surface area contributed by atoms with Gasteiger partial charge in [-0.15, -0.1) is 0 Å². The maximum atomic E-state index is 7.09. The second-order valence-corrected chi connectivity index (χ2v) is 15.7. The van der Waals surface area contributed by atoms with E-state index in [2.05, 4.69) is 73.8 Å². The summed E-state index contributed by atoms with van der Waals surface area (Å²) in [5, 5.41) is 1.60. The van der Waals surface area contributed by atoms with Gasteiger partial charge >= 0.3 is 175 Å². The summed E-state index contributed by atoms with van der Waals surface area (Å²) in [6.45, 7) is 0. The van der Waals surface area contributed by atoms with E-state index >= 15 is 0 Å². The van der Waals surface area contributed by atoms with E-state index in [4.69, 9.17) is 11.6 Å². The van der Waals surface area contributed by atoms with Gasteiger partial charge in [0, 0.05) is 0 Å². The van der Waals surface area contributed by atoms with Crippen LogP contribution < -0.4 is 5.30 Å². The van der Waals surface area contributed by atoms with Crippen molar-refractivity contribution in [2.45, 2.75) is 66.3 Å². The molecule has 2 aromatic rings. The molecule has 1 unspecified atom stereocenters. The SMILES string of the molecule is Cl[CH]([Pd])[PH](c1cccc(-c2ccccc2)c1)(C1CCCC1)C1CCCC1. The maximum absolute atomic E-state index is 7.09. The second-order valence-electron chi connectivity index (χ2n) is 8.11. The number of halogens is 1. The molecule has 2 saturated carbocycles. The van der Waals surface area contributed by atoms with Crippen LogP contribution in [0.2, 0.25) is 0 Å². The summed E-state index contributed by atoms with van der Waals surface area (Å²) in [5.74, 6) is 0. The van der Waals surface area contributed by atoms with Crippen molar-refractivity contribution in [3.8, 4) is 11.1 Å². The van der Waals surface area contributed by atoms with E-state index in [1.54, 1.807) is 5.30 Å². The molecular formula is C23H29ClPPd. The van der Waals surface area contributed by atoms with Crippen molar-refractivity contribution in [2.75, 3.05) is 0 Å². The van der Waals surface area contributed by atoms with Crippen molar-refractivity contribution in [1.82, 2.24) is 0 Å². The number of rotatable bonds is 5. The van der Waals surface area contributed by atoms with Crippen LogP contribution in [0.4, 0.5) is 0 Å². The normalized spacial score (nSPS) is 21.2. The fourth-order valence-electron chi connectivity index (χ4n) is 5.65. The molecule has 0 bridgehead atoms. The number of benzene rings is 2. The Morgan fingerprint density at radius 3 is 1.85 bits per heavy atom. The molecule has 4 rings (SSSR count). The van der Waals surface area contributed by atoms with Gasteiger partial charge in [-0.1, -0.05) is 0 Å². The average molecular weight is 478 g/mol. The molecule has 3 heteroatoms. The molecule has 0 heterocycles. The fourth-order valence-corrected chi connectivity index (χ4v) is 16.1. The van der Waals surface area contributed by atoms with Gasteiger partial charge in [-0.2, -0.15) is 0 Å². The van der Waals surface area contributed by atoms with Crippen LogP contribution in [0.3, 0.4) is 0 Å². The second kappa shape index (κ2) is 8.45. The van der Waals surface area contributed by atoms with Crippen molar-refractivity contribution >= 4 is 24.2 Å². The molecule has 2 fully saturated rings. The summed E-state index contributed by atoms with van der Waals surface area (Å²) in [5.41, 5.74) is 4.35. The van der Waals surface area contributed by atoms with Gasteiger partial charge in [-0.05, 0) is 0 Å². The molecule has 143 valence electrons. The van der Waals surface area contributed by atoms with E-state index in [-0.39, 0.29) is 3.59 Å². The Labute approximate surface area is 174 Å². The zero-order valence-electron chi connectivity index (χ0n) is 15.3. The third-order valence-corrected chi connectivity index (χ3v) is 16.0. The van der Waals surface area contributed by atoms with Crippen molar-refractivity contribution in [1.29, 1.82) is 0 Å². The van der Waals surface area contributed by atoms with Crippen molar-refractivity contribution in [3.63, 3.8) is 0 Å². The Morgan fingerprint density at radius 1 is 0.769 bits per heavy atom. The molecule has 0 amide bonds. The Balaban J connectivity index is 1.83. The summed E-state index contributed by atoms with van der Waals surface area (Å²) >= 11 is 10.7. The monoisotopic (exact) mass is 477 g/mol. The molecule has 0 N–H and O–H groups in total. The van der Waals surface area contributed by atoms with Gasteiger partial charge in [0.1, 0.15) is 0 Å². The van der Waals surface area contributed by atoms with Gasteiger partial charge in [-0.25, -0.2) is 0 Å². The first kappa shape index (κ1) is 19.2. The van der Waals surface area contributed by atoms with E-state index in [1.165, 1.54) is 62.5 Å². The molecule has 0 aliphatic heterocycles. The molecule has 2 aromatic carbocycles. The van der Waals surface area contributed by atoms with Crippen molar-refractivity contribution < 1.29 is 19.2 Å². The topological polar surface area (TPSA) is 0 Å². The summed E-state index contributed by atoms with van der Waals surface area (Å²) in [4.78, 5) is 0. The van der Waals surface area contributed by atoms with Crippen LogP contribution in [0, 0.1) is 0 Å². The molecule has 2 aliphatic rings. The first-order valence-corrected chi connectivity index (χ1v) is 13.7. The molecule has 2 aliphatic carbocycles. The van der Waals surface area contributed by atoms with Crippen molar-refractivity contribution in [2.24, 2.45) is 0 Å². The zero-order valence-corrected chi connectivity index (χ0v) is 18.6. The number of hydrogen-bond donors (Lipinski definition) is 0. The van der Waals surface area contributed by atoms with Crippen LogP contribution in [0.1, 0.15) is 51.4 Å². The minimum absolute atomic E-state index is 0.169. The fraction of sp³-hybridized carbons (Fsp3) is 0.478. The van der Waals surface area contributed by atoms with Crippen LogP contribution in [-0.2, 0) is 19.2 Å². The summed E-state index contributed by atoms with van der Waals surface area (Å²) < 4.78 is 0.169. The van der Waals surface area contributed by atoms with Crippen molar-refractivity contribution in [3.05, 3.63) is 54.6 Å². The Kier molecular flexibility index (Phi) is 6.23. The molecule has 1 atom stereocenters. The van der Waals surface area contributed by atoms with Gasteiger partial charge < -0.3 is 0 Å².